The van der Waals surface area contributed by atoms with Gasteiger partial charge in [-0.05, 0) is 37.1 Å². The largest absolute Gasteiger partial charge is 0.381 e. The molecule has 0 spiro atoms. The van der Waals surface area contributed by atoms with Gasteiger partial charge in [0.2, 0.25) is 0 Å². The predicted octanol–water partition coefficient (Wildman–Crippen LogP) is 2.03. The van der Waals surface area contributed by atoms with Crippen molar-refractivity contribution in [3.05, 3.63) is 29.8 Å². The van der Waals surface area contributed by atoms with Crippen LogP contribution in [0.1, 0.15) is 36.5 Å². The van der Waals surface area contributed by atoms with Gasteiger partial charge >= 0.3 is 0 Å². The Morgan fingerprint density at radius 1 is 1.14 bits per heavy atom. The standard InChI is InChI=1S/C15H23NO4S/c1-3-4-11-20-12-5-10-16-15(17)13-6-8-14(9-7-13)21(2,18)19/h6-9H,3-5,10-12H2,1-2H3,(H,16,17). The molecular formula is C15H23NO4S. The average Bonchev–Trinajstić information content (AvgIpc) is 2.45. The van der Waals surface area contributed by atoms with Crippen molar-refractivity contribution >= 4 is 15.7 Å². The highest BCUT2D eigenvalue weighted by atomic mass is 32.2. The van der Waals surface area contributed by atoms with Crippen LogP contribution in [0, 0.1) is 0 Å². The first kappa shape index (κ1) is 17.7. The number of rotatable bonds is 9. The minimum absolute atomic E-state index is 0.205. The molecule has 1 aromatic carbocycles. The van der Waals surface area contributed by atoms with E-state index >= 15 is 0 Å². The molecule has 1 amide bonds. The number of hydrogen-bond donors (Lipinski definition) is 1. The van der Waals surface area contributed by atoms with Gasteiger partial charge in [0.25, 0.3) is 5.91 Å². The second kappa shape index (κ2) is 8.79. The van der Waals surface area contributed by atoms with Gasteiger partial charge in [-0.1, -0.05) is 13.3 Å². The maximum Gasteiger partial charge on any atom is 0.251 e. The molecule has 0 radical (unpaired) electrons. The number of ether oxygens (including phenoxy) is 1. The summed E-state index contributed by atoms with van der Waals surface area (Å²) in [6, 6.07) is 5.92. The molecule has 1 N–H and O–H groups in total. The minimum atomic E-state index is -3.23. The van der Waals surface area contributed by atoms with Gasteiger partial charge in [0.15, 0.2) is 9.84 Å². The van der Waals surface area contributed by atoms with E-state index in [4.69, 9.17) is 4.74 Å². The van der Waals surface area contributed by atoms with E-state index in [1.165, 1.54) is 24.3 Å². The summed E-state index contributed by atoms with van der Waals surface area (Å²) >= 11 is 0. The molecule has 0 aliphatic rings. The van der Waals surface area contributed by atoms with Gasteiger partial charge in [0.1, 0.15) is 0 Å². The normalized spacial score (nSPS) is 11.3. The molecule has 0 saturated carbocycles. The van der Waals surface area contributed by atoms with Crippen molar-refractivity contribution in [3.8, 4) is 0 Å². The summed E-state index contributed by atoms with van der Waals surface area (Å²) in [7, 11) is -3.23. The van der Waals surface area contributed by atoms with Crippen molar-refractivity contribution < 1.29 is 17.9 Å². The molecule has 0 saturated heterocycles. The van der Waals surface area contributed by atoms with Gasteiger partial charge in [0, 0.05) is 31.6 Å². The van der Waals surface area contributed by atoms with Gasteiger partial charge in [0.05, 0.1) is 4.90 Å². The Kier molecular flexibility index (Phi) is 7.39. The Labute approximate surface area is 126 Å². The molecule has 118 valence electrons. The molecule has 0 aliphatic carbocycles. The van der Waals surface area contributed by atoms with Crippen LogP contribution in [0.5, 0.6) is 0 Å². The van der Waals surface area contributed by atoms with E-state index < -0.39 is 9.84 Å². The Bertz CT molecular complexity index is 537. The summed E-state index contributed by atoms with van der Waals surface area (Å²) < 4.78 is 28.0. The number of carbonyl (C=O) groups is 1. The van der Waals surface area contributed by atoms with E-state index in [1.54, 1.807) is 0 Å². The quantitative estimate of drug-likeness (QED) is 0.708. The molecular weight excluding hydrogens is 290 g/mol. The summed E-state index contributed by atoms with van der Waals surface area (Å²) in [5, 5.41) is 2.78. The highest BCUT2D eigenvalue weighted by Gasteiger charge is 2.09. The molecule has 5 nitrogen and oxygen atoms in total. The van der Waals surface area contributed by atoms with E-state index in [9.17, 15) is 13.2 Å². The van der Waals surface area contributed by atoms with E-state index in [0.717, 1.165) is 32.1 Å². The lowest BCUT2D eigenvalue weighted by Gasteiger charge is -2.06. The van der Waals surface area contributed by atoms with Gasteiger partial charge in [-0.25, -0.2) is 8.42 Å². The van der Waals surface area contributed by atoms with Crippen LogP contribution in [0.15, 0.2) is 29.2 Å². The van der Waals surface area contributed by atoms with Crippen LogP contribution in [0.2, 0.25) is 0 Å². The highest BCUT2D eigenvalue weighted by molar-refractivity contribution is 7.90. The number of unbranched alkanes of at least 4 members (excludes halogenated alkanes) is 1. The van der Waals surface area contributed by atoms with Crippen LogP contribution in [0.4, 0.5) is 0 Å². The van der Waals surface area contributed by atoms with Crippen LogP contribution >= 0.6 is 0 Å². The zero-order valence-corrected chi connectivity index (χ0v) is 13.4. The molecule has 6 heteroatoms. The molecule has 0 bridgehead atoms. The van der Waals surface area contributed by atoms with Crippen LogP contribution in [-0.2, 0) is 14.6 Å². The molecule has 0 aromatic heterocycles. The maximum absolute atomic E-state index is 11.8. The fourth-order valence-electron chi connectivity index (χ4n) is 1.68. The number of nitrogens with one attached hydrogen (secondary N) is 1. The smallest absolute Gasteiger partial charge is 0.251 e. The third-order valence-electron chi connectivity index (χ3n) is 2.94. The second-order valence-electron chi connectivity index (χ2n) is 4.87. The number of sulfone groups is 1. The molecule has 0 heterocycles. The fraction of sp³-hybridized carbons (Fsp3) is 0.533. The van der Waals surface area contributed by atoms with Gasteiger partial charge in [-0.15, -0.1) is 0 Å². The lowest BCUT2D eigenvalue weighted by Crippen LogP contribution is -2.25. The minimum Gasteiger partial charge on any atom is -0.381 e. The fourth-order valence-corrected chi connectivity index (χ4v) is 2.31. The average molecular weight is 313 g/mol. The molecule has 21 heavy (non-hydrogen) atoms. The number of carbonyl (C=O) groups excluding carboxylic acids is 1. The van der Waals surface area contributed by atoms with Crippen molar-refractivity contribution in [2.75, 3.05) is 26.0 Å². The first-order valence-corrected chi connectivity index (χ1v) is 9.00. The lowest BCUT2D eigenvalue weighted by atomic mass is 10.2. The summed E-state index contributed by atoms with van der Waals surface area (Å²) in [5.41, 5.74) is 0.453. The van der Waals surface area contributed by atoms with Crippen LogP contribution in [0.3, 0.4) is 0 Å². The van der Waals surface area contributed by atoms with Crippen molar-refractivity contribution in [1.82, 2.24) is 5.32 Å². The lowest BCUT2D eigenvalue weighted by molar-refractivity contribution is 0.0940. The van der Waals surface area contributed by atoms with Crippen molar-refractivity contribution in [3.63, 3.8) is 0 Å². The van der Waals surface area contributed by atoms with Crippen LogP contribution in [0.25, 0.3) is 0 Å². The third kappa shape index (κ3) is 6.73. The molecule has 0 fully saturated rings. The second-order valence-corrected chi connectivity index (χ2v) is 6.89. The van der Waals surface area contributed by atoms with Crippen molar-refractivity contribution in [2.45, 2.75) is 31.1 Å². The highest BCUT2D eigenvalue weighted by Crippen LogP contribution is 2.10. The Balaban J connectivity index is 2.32. The summed E-state index contributed by atoms with van der Waals surface area (Å²) in [6.07, 6.45) is 4.07. The first-order valence-electron chi connectivity index (χ1n) is 7.11. The van der Waals surface area contributed by atoms with Gasteiger partial charge in [-0.3, -0.25) is 4.79 Å². The third-order valence-corrected chi connectivity index (χ3v) is 4.07. The van der Waals surface area contributed by atoms with Crippen molar-refractivity contribution in [1.29, 1.82) is 0 Å². The molecule has 1 rings (SSSR count). The van der Waals surface area contributed by atoms with Gasteiger partial charge in [-0.2, -0.15) is 0 Å². The summed E-state index contributed by atoms with van der Waals surface area (Å²) in [6.45, 7) is 4.04. The molecule has 0 aliphatic heterocycles. The van der Waals surface area contributed by atoms with E-state index in [-0.39, 0.29) is 10.8 Å². The van der Waals surface area contributed by atoms with E-state index in [1.807, 2.05) is 0 Å². The van der Waals surface area contributed by atoms with Crippen LogP contribution in [-0.4, -0.2) is 40.3 Å². The van der Waals surface area contributed by atoms with Gasteiger partial charge < -0.3 is 10.1 Å². The van der Waals surface area contributed by atoms with E-state index in [2.05, 4.69) is 12.2 Å². The Morgan fingerprint density at radius 2 is 1.76 bits per heavy atom. The van der Waals surface area contributed by atoms with E-state index in [0.29, 0.717) is 18.7 Å². The monoisotopic (exact) mass is 313 g/mol. The first-order chi connectivity index (χ1) is 9.95. The van der Waals surface area contributed by atoms with Crippen LogP contribution < -0.4 is 5.32 Å². The Morgan fingerprint density at radius 3 is 2.33 bits per heavy atom. The van der Waals surface area contributed by atoms with Crippen molar-refractivity contribution in [2.24, 2.45) is 0 Å². The molecule has 0 atom stereocenters. The topological polar surface area (TPSA) is 72.5 Å². The number of hydrogen-bond acceptors (Lipinski definition) is 4. The zero-order chi connectivity index (χ0) is 15.7. The predicted molar refractivity (Wildman–Crippen MR) is 82.2 cm³/mol. The SMILES string of the molecule is CCCCOCCCNC(=O)c1ccc(S(C)(=O)=O)cc1. The number of amides is 1. The molecule has 1 aromatic rings. The summed E-state index contributed by atoms with van der Waals surface area (Å²) in [5.74, 6) is -0.205. The zero-order valence-electron chi connectivity index (χ0n) is 12.6. The molecule has 0 unspecified atom stereocenters. The number of benzene rings is 1. The Hall–Kier alpha value is -1.40. The maximum atomic E-state index is 11.8. The summed E-state index contributed by atoms with van der Waals surface area (Å²) in [4.78, 5) is 12.1.